The Bertz CT molecular complexity index is 662. The van der Waals surface area contributed by atoms with Gasteiger partial charge in [0.1, 0.15) is 5.82 Å². The number of ether oxygens (including phenoxy) is 1. The SMILES string of the molecule is CCc1c(C)nc(-c2ccc(OC)c(O)c2)[nH]c1=O. The smallest absolute Gasteiger partial charge is 0.254 e. The average Bonchev–Trinajstić information content (AvgIpc) is 2.38. The molecule has 0 aliphatic heterocycles. The van der Waals surface area contributed by atoms with Gasteiger partial charge in [-0.1, -0.05) is 6.92 Å². The lowest BCUT2D eigenvalue weighted by Crippen LogP contribution is -2.16. The minimum absolute atomic E-state index is 0.0138. The molecular formula is C14H16N2O3. The van der Waals surface area contributed by atoms with Gasteiger partial charge in [0.2, 0.25) is 0 Å². The van der Waals surface area contributed by atoms with Crippen molar-refractivity contribution in [1.82, 2.24) is 9.97 Å². The van der Waals surface area contributed by atoms with Gasteiger partial charge in [0.15, 0.2) is 11.5 Å². The van der Waals surface area contributed by atoms with Crippen LogP contribution in [0.25, 0.3) is 11.4 Å². The second kappa shape index (κ2) is 5.14. The van der Waals surface area contributed by atoms with Gasteiger partial charge < -0.3 is 14.8 Å². The summed E-state index contributed by atoms with van der Waals surface area (Å²) in [6, 6.07) is 4.89. The molecule has 0 unspecified atom stereocenters. The molecule has 0 aliphatic carbocycles. The van der Waals surface area contributed by atoms with Crippen molar-refractivity contribution in [2.24, 2.45) is 0 Å². The van der Waals surface area contributed by atoms with E-state index in [1.807, 2.05) is 6.92 Å². The maximum atomic E-state index is 11.9. The van der Waals surface area contributed by atoms with Gasteiger partial charge in [0.25, 0.3) is 5.56 Å². The van der Waals surface area contributed by atoms with E-state index < -0.39 is 0 Å². The lowest BCUT2D eigenvalue weighted by Gasteiger charge is -2.08. The zero-order valence-electron chi connectivity index (χ0n) is 11.2. The average molecular weight is 260 g/mol. The number of nitrogens with zero attached hydrogens (tertiary/aromatic N) is 1. The number of hydrogen-bond acceptors (Lipinski definition) is 4. The van der Waals surface area contributed by atoms with Gasteiger partial charge in [-0.25, -0.2) is 4.98 Å². The van der Waals surface area contributed by atoms with Crippen LogP contribution in [0.3, 0.4) is 0 Å². The highest BCUT2D eigenvalue weighted by Crippen LogP contribution is 2.29. The molecule has 2 rings (SSSR count). The number of phenols is 1. The minimum atomic E-state index is -0.139. The molecule has 0 radical (unpaired) electrons. The third kappa shape index (κ3) is 2.45. The van der Waals surface area contributed by atoms with E-state index in [4.69, 9.17) is 4.74 Å². The summed E-state index contributed by atoms with van der Waals surface area (Å²) in [4.78, 5) is 19.0. The molecule has 0 spiro atoms. The van der Waals surface area contributed by atoms with Crippen LogP contribution in [-0.4, -0.2) is 22.2 Å². The second-order valence-electron chi connectivity index (χ2n) is 4.22. The highest BCUT2D eigenvalue weighted by molar-refractivity contribution is 5.60. The number of phenolic OH excluding ortho intramolecular Hbond substituents is 1. The van der Waals surface area contributed by atoms with Crippen molar-refractivity contribution in [3.63, 3.8) is 0 Å². The fourth-order valence-electron chi connectivity index (χ4n) is 2.00. The van der Waals surface area contributed by atoms with E-state index in [9.17, 15) is 9.90 Å². The summed E-state index contributed by atoms with van der Waals surface area (Å²) in [5, 5.41) is 9.75. The molecule has 0 bridgehead atoms. The van der Waals surface area contributed by atoms with Gasteiger partial charge in [-0.2, -0.15) is 0 Å². The van der Waals surface area contributed by atoms with Crippen LogP contribution in [0.4, 0.5) is 0 Å². The number of hydrogen-bond donors (Lipinski definition) is 2. The molecule has 100 valence electrons. The van der Waals surface area contributed by atoms with Gasteiger partial charge in [-0.3, -0.25) is 4.79 Å². The highest BCUT2D eigenvalue weighted by Gasteiger charge is 2.10. The van der Waals surface area contributed by atoms with Crippen molar-refractivity contribution in [1.29, 1.82) is 0 Å². The van der Waals surface area contributed by atoms with Gasteiger partial charge in [-0.05, 0) is 31.5 Å². The summed E-state index contributed by atoms with van der Waals surface area (Å²) < 4.78 is 4.98. The molecule has 19 heavy (non-hydrogen) atoms. The molecule has 0 aliphatic rings. The van der Waals surface area contributed by atoms with Crippen LogP contribution in [-0.2, 0) is 6.42 Å². The molecule has 0 fully saturated rings. The number of methoxy groups -OCH3 is 1. The first-order valence-electron chi connectivity index (χ1n) is 6.04. The number of H-pyrrole nitrogens is 1. The number of aromatic hydroxyl groups is 1. The van der Waals surface area contributed by atoms with Crippen LogP contribution in [0.1, 0.15) is 18.2 Å². The Balaban J connectivity index is 2.54. The van der Waals surface area contributed by atoms with Crippen LogP contribution in [0.15, 0.2) is 23.0 Å². The topological polar surface area (TPSA) is 75.2 Å². The summed E-state index contributed by atoms with van der Waals surface area (Å²) in [6.45, 7) is 3.72. The van der Waals surface area contributed by atoms with Gasteiger partial charge in [0.05, 0.1) is 7.11 Å². The van der Waals surface area contributed by atoms with Crippen molar-refractivity contribution in [2.45, 2.75) is 20.3 Å². The predicted molar refractivity (Wildman–Crippen MR) is 72.6 cm³/mol. The molecular weight excluding hydrogens is 244 g/mol. The van der Waals surface area contributed by atoms with Gasteiger partial charge >= 0.3 is 0 Å². The molecule has 0 saturated carbocycles. The number of aromatic amines is 1. The molecule has 0 atom stereocenters. The van der Waals surface area contributed by atoms with Crippen LogP contribution in [0.2, 0.25) is 0 Å². The van der Waals surface area contributed by atoms with Crippen molar-refractivity contribution in [3.05, 3.63) is 39.8 Å². The summed E-state index contributed by atoms with van der Waals surface area (Å²) in [7, 11) is 1.48. The Morgan fingerprint density at radius 1 is 1.42 bits per heavy atom. The molecule has 2 N–H and O–H groups in total. The molecule has 0 saturated heterocycles. The summed E-state index contributed by atoms with van der Waals surface area (Å²) in [6.07, 6.45) is 0.641. The second-order valence-corrected chi connectivity index (χ2v) is 4.22. The zero-order chi connectivity index (χ0) is 14.0. The Morgan fingerprint density at radius 2 is 2.16 bits per heavy atom. The van der Waals surface area contributed by atoms with Gasteiger partial charge in [-0.15, -0.1) is 0 Å². The molecule has 1 heterocycles. The van der Waals surface area contributed by atoms with Crippen molar-refractivity contribution in [2.75, 3.05) is 7.11 Å². The standard InChI is InChI=1S/C14H16N2O3/c1-4-10-8(2)15-13(16-14(10)18)9-5-6-12(19-3)11(17)7-9/h5-7,17H,4H2,1-3H3,(H,15,16,18). The summed E-state index contributed by atoms with van der Waals surface area (Å²) in [5.74, 6) is 0.838. The lowest BCUT2D eigenvalue weighted by molar-refractivity contribution is 0.373. The third-order valence-electron chi connectivity index (χ3n) is 3.03. The maximum Gasteiger partial charge on any atom is 0.254 e. The van der Waals surface area contributed by atoms with E-state index in [0.29, 0.717) is 34.8 Å². The molecule has 2 aromatic rings. The Labute approximate surface area is 110 Å². The number of aryl methyl sites for hydroxylation is 1. The van der Waals surface area contributed by atoms with E-state index in [-0.39, 0.29) is 11.3 Å². The fourth-order valence-corrected chi connectivity index (χ4v) is 2.00. The number of aromatic nitrogens is 2. The summed E-state index contributed by atoms with van der Waals surface area (Å²) in [5.41, 5.74) is 1.89. The molecule has 0 amide bonds. The van der Waals surface area contributed by atoms with Crippen molar-refractivity contribution in [3.8, 4) is 22.9 Å². The first kappa shape index (κ1) is 13.1. The van der Waals surface area contributed by atoms with Crippen molar-refractivity contribution < 1.29 is 9.84 Å². The van der Waals surface area contributed by atoms with Crippen LogP contribution >= 0.6 is 0 Å². The number of nitrogens with one attached hydrogen (secondary N) is 1. The van der Waals surface area contributed by atoms with Crippen molar-refractivity contribution >= 4 is 0 Å². The maximum absolute atomic E-state index is 11.9. The van der Waals surface area contributed by atoms with Crippen LogP contribution in [0.5, 0.6) is 11.5 Å². The number of benzene rings is 1. The zero-order valence-corrected chi connectivity index (χ0v) is 11.2. The van der Waals surface area contributed by atoms with E-state index in [0.717, 1.165) is 0 Å². The monoisotopic (exact) mass is 260 g/mol. The van der Waals surface area contributed by atoms with E-state index in [2.05, 4.69) is 9.97 Å². The van der Waals surface area contributed by atoms with Gasteiger partial charge in [0, 0.05) is 16.8 Å². The third-order valence-corrected chi connectivity index (χ3v) is 3.03. The van der Waals surface area contributed by atoms with Crippen LogP contribution in [0, 0.1) is 6.92 Å². The van der Waals surface area contributed by atoms with E-state index >= 15 is 0 Å². The highest BCUT2D eigenvalue weighted by atomic mass is 16.5. The predicted octanol–water partition coefficient (Wildman–Crippen LogP) is 2.02. The molecule has 1 aromatic heterocycles. The first-order chi connectivity index (χ1) is 9.06. The fraction of sp³-hybridized carbons (Fsp3) is 0.286. The largest absolute Gasteiger partial charge is 0.504 e. The normalized spacial score (nSPS) is 10.5. The Hall–Kier alpha value is -2.30. The lowest BCUT2D eigenvalue weighted by atomic mass is 10.1. The Kier molecular flexibility index (Phi) is 3.55. The Morgan fingerprint density at radius 3 is 2.68 bits per heavy atom. The minimum Gasteiger partial charge on any atom is -0.504 e. The van der Waals surface area contributed by atoms with E-state index in [1.54, 1.807) is 19.1 Å². The molecule has 5 heteroatoms. The molecule has 5 nitrogen and oxygen atoms in total. The summed E-state index contributed by atoms with van der Waals surface area (Å²) >= 11 is 0. The van der Waals surface area contributed by atoms with E-state index in [1.165, 1.54) is 13.2 Å². The molecule has 1 aromatic carbocycles. The van der Waals surface area contributed by atoms with Crippen LogP contribution < -0.4 is 10.3 Å². The number of rotatable bonds is 3. The quantitative estimate of drug-likeness (QED) is 0.885. The first-order valence-corrected chi connectivity index (χ1v) is 6.04.